The van der Waals surface area contributed by atoms with Gasteiger partial charge in [-0.15, -0.1) is 0 Å². The van der Waals surface area contributed by atoms with E-state index >= 15 is 0 Å². The third-order valence-electron chi connectivity index (χ3n) is 2.77. The summed E-state index contributed by atoms with van der Waals surface area (Å²) in [6.45, 7) is 0.468. The maximum atomic E-state index is 13.5. The van der Waals surface area contributed by atoms with Gasteiger partial charge in [0.05, 0.1) is 18.7 Å². The highest BCUT2D eigenvalue weighted by atomic mass is 19.1. The SMILES string of the molecule is COc1ccc(NCc2ccccc2C#N)cc1F. The van der Waals surface area contributed by atoms with Gasteiger partial charge in [0.1, 0.15) is 0 Å². The van der Waals surface area contributed by atoms with Gasteiger partial charge in [-0.3, -0.25) is 0 Å². The normalized spacial score (nSPS) is 9.74. The van der Waals surface area contributed by atoms with Gasteiger partial charge in [0.25, 0.3) is 0 Å². The molecule has 2 rings (SSSR count). The van der Waals surface area contributed by atoms with Crippen LogP contribution in [-0.2, 0) is 6.54 Å². The fourth-order valence-corrected chi connectivity index (χ4v) is 1.76. The number of nitriles is 1. The Morgan fingerprint density at radius 2 is 2.05 bits per heavy atom. The Morgan fingerprint density at radius 3 is 2.74 bits per heavy atom. The van der Waals surface area contributed by atoms with Crippen LogP contribution >= 0.6 is 0 Å². The highest BCUT2D eigenvalue weighted by Crippen LogP contribution is 2.21. The zero-order chi connectivity index (χ0) is 13.7. The van der Waals surface area contributed by atoms with Crippen molar-refractivity contribution in [3.05, 3.63) is 59.4 Å². The van der Waals surface area contributed by atoms with Gasteiger partial charge in [-0.05, 0) is 23.8 Å². The number of hydrogen-bond acceptors (Lipinski definition) is 3. The van der Waals surface area contributed by atoms with Crippen molar-refractivity contribution in [2.75, 3.05) is 12.4 Å². The highest BCUT2D eigenvalue weighted by Gasteiger charge is 2.04. The second kappa shape index (κ2) is 5.87. The van der Waals surface area contributed by atoms with E-state index < -0.39 is 5.82 Å². The smallest absolute Gasteiger partial charge is 0.167 e. The molecular formula is C15H13FN2O. The quantitative estimate of drug-likeness (QED) is 0.912. The molecule has 0 atom stereocenters. The summed E-state index contributed by atoms with van der Waals surface area (Å²) < 4.78 is 18.4. The summed E-state index contributed by atoms with van der Waals surface area (Å²) in [6, 6.07) is 14.1. The first-order chi connectivity index (χ1) is 9.24. The van der Waals surface area contributed by atoms with E-state index in [9.17, 15) is 4.39 Å². The summed E-state index contributed by atoms with van der Waals surface area (Å²) in [5, 5.41) is 12.1. The van der Waals surface area contributed by atoms with Crippen LogP contribution in [0.2, 0.25) is 0 Å². The van der Waals surface area contributed by atoms with Crippen LogP contribution in [0.4, 0.5) is 10.1 Å². The fourth-order valence-electron chi connectivity index (χ4n) is 1.76. The Kier molecular flexibility index (Phi) is 3.99. The van der Waals surface area contributed by atoms with Crippen molar-refractivity contribution in [3.63, 3.8) is 0 Å². The van der Waals surface area contributed by atoms with E-state index in [0.717, 1.165) is 5.56 Å². The first kappa shape index (κ1) is 12.9. The van der Waals surface area contributed by atoms with Crippen molar-refractivity contribution in [1.82, 2.24) is 0 Å². The molecule has 0 aromatic heterocycles. The van der Waals surface area contributed by atoms with E-state index in [1.54, 1.807) is 18.2 Å². The average Bonchev–Trinajstić information content (AvgIpc) is 2.45. The van der Waals surface area contributed by atoms with Crippen LogP contribution in [0.3, 0.4) is 0 Å². The van der Waals surface area contributed by atoms with Gasteiger partial charge in [-0.1, -0.05) is 18.2 Å². The summed E-state index contributed by atoms with van der Waals surface area (Å²) in [4.78, 5) is 0. The number of methoxy groups -OCH3 is 1. The van der Waals surface area contributed by atoms with Crippen molar-refractivity contribution in [2.24, 2.45) is 0 Å². The van der Waals surface area contributed by atoms with Crippen molar-refractivity contribution < 1.29 is 9.13 Å². The van der Waals surface area contributed by atoms with Crippen molar-refractivity contribution in [2.45, 2.75) is 6.54 Å². The fraction of sp³-hybridized carbons (Fsp3) is 0.133. The molecule has 96 valence electrons. The molecule has 0 amide bonds. The number of hydrogen-bond donors (Lipinski definition) is 1. The van der Waals surface area contributed by atoms with E-state index in [1.807, 2.05) is 18.2 Å². The Bertz CT molecular complexity index is 620. The van der Waals surface area contributed by atoms with Crippen molar-refractivity contribution in [3.8, 4) is 11.8 Å². The summed E-state index contributed by atoms with van der Waals surface area (Å²) in [5.41, 5.74) is 2.14. The van der Waals surface area contributed by atoms with Crippen LogP contribution in [0.5, 0.6) is 5.75 Å². The number of nitrogens with one attached hydrogen (secondary N) is 1. The predicted octanol–water partition coefficient (Wildman–Crippen LogP) is 3.32. The molecule has 0 bridgehead atoms. The van der Waals surface area contributed by atoms with Gasteiger partial charge in [0, 0.05) is 18.3 Å². The van der Waals surface area contributed by atoms with E-state index in [0.29, 0.717) is 17.8 Å². The molecule has 0 aliphatic heterocycles. The lowest BCUT2D eigenvalue weighted by molar-refractivity contribution is 0.386. The first-order valence-electron chi connectivity index (χ1n) is 5.80. The van der Waals surface area contributed by atoms with Crippen LogP contribution < -0.4 is 10.1 Å². The third kappa shape index (κ3) is 3.02. The average molecular weight is 256 g/mol. The van der Waals surface area contributed by atoms with Gasteiger partial charge >= 0.3 is 0 Å². The maximum absolute atomic E-state index is 13.5. The van der Waals surface area contributed by atoms with Gasteiger partial charge in [-0.2, -0.15) is 5.26 Å². The van der Waals surface area contributed by atoms with Gasteiger partial charge < -0.3 is 10.1 Å². The van der Waals surface area contributed by atoms with Crippen LogP contribution in [0.15, 0.2) is 42.5 Å². The van der Waals surface area contributed by atoms with Crippen LogP contribution in [0.25, 0.3) is 0 Å². The van der Waals surface area contributed by atoms with E-state index in [-0.39, 0.29) is 5.75 Å². The van der Waals surface area contributed by atoms with Crippen LogP contribution in [0, 0.1) is 17.1 Å². The molecule has 0 fully saturated rings. The molecular weight excluding hydrogens is 243 g/mol. The van der Waals surface area contributed by atoms with Gasteiger partial charge in [0.15, 0.2) is 11.6 Å². The van der Waals surface area contributed by atoms with E-state index in [1.165, 1.54) is 13.2 Å². The lowest BCUT2D eigenvalue weighted by Crippen LogP contribution is -2.02. The zero-order valence-electron chi connectivity index (χ0n) is 10.5. The lowest BCUT2D eigenvalue weighted by Gasteiger charge is -2.09. The molecule has 1 N–H and O–H groups in total. The van der Waals surface area contributed by atoms with Crippen molar-refractivity contribution >= 4 is 5.69 Å². The number of nitrogens with zero attached hydrogens (tertiary/aromatic N) is 1. The molecule has 4 heteroatoms. The van der Waals surface area contributed by atoms with Gasteiger partial charge in [-0.25, -0.2) is 4.39 Å². The summed E-state index contributed by atoms with van der Waals surface area (Å²) in [6.07, 6.45) is 0. The second-order valence-electron chi connectivity index (χ2n) is 3.97. The van der Waals surface area contributed by atoms with Crippen LogP contribution in [-0.4, -0.2) is 7.11 Å². The second-order valence-corrected chi connectivity index (χ2v) is 3.97. The Labute approximate surface area is 111 Å². The minimum Gasteiger partial charge on any atom is -0.494 e. The third-order valence-corrected chi connectivity index (χ3v) is 2.77. The molecule has 0 saturated heterocycles. The molecule has 0 saturated carbocycles. The largest absolute Gasteiger partial charge is 0.494 e. The number of halogens is 1. The molecule has 0 heterocycles. The molecule has 0 aliphatic rings. The van der Waals surface area contributed by atoms with Gasteiger partial charge in [0.2, 0.25) is 0 Å². The summed E-state index contributed by atoms with van der Waals surface area (Å²) in [7, 11) is 1.43. The molecule has 0 aliphatic carbocycles. The number of rotatable bonds is 4. The highest BCUT2D eigenvalue weighted by molar-refractivity contribution is 5.49. The minimum atomic E-state index is -0.416. The standard InChI is InChI=1S/C15H13FN2O/c1-19-15-7-6-13(8-14(15)16)18-10-12-5-3-2-4-11(12)9-17/h2-8,18H,10H2,1H3. The topological polar surface area (TPSA) is 45.0 Å². The molecule has 2 aromatic carbocycles. The van der Waals surface area contributed by atoms with E-state index in [4.69, 9.17) is 10.00 Å². The van der Waals surface area contributed by atoms with Crippen LogP contribution in [0.1, 0.15) is 11.1 Å². The molecule has 0 unspecified atom stereocenters. The Balaban J connectivity index is 2.11. The van der Waals surface area contributed by atoms with Crippen molar-refractivity contribution in [1.29, 1.82) is 5.26 Å². The first-order valence-corrected chi connectivity index (χ1v) is 5.80. The Morgan fingerprint density at radius 1 is 1.26 bits per heavy atom. The summed E-state index contributed by atoms with van der Waals surface area (Å²) in [5.74, 6) is -0.205. The number of benzene rings is 2. The number of ether oxygens (including phenoxy) is 1. The minimum absolute atomic E-state index is 0.211. The molecule has 19 heavy (non-hydrogen) atoms. The molecule has 0 spiro atoms. The molecule has 0 radical (unpaired) electrons. The predicted molar refractivity (Wildman–Crippen MR) is 71.4 cm³/mol. The lowest BCUT2D eigenvalue weighted by atomic mass is 10.1. The number of anilines is 1. The summed E-state index contributed by atoms with van der Waals surface area (Å²) >= 11 is 0. The maximum Gasteiger partial charge on any atom is 0.167 e. The molecule has 2 aromatic rings. The molecule has 3 nitrogen and oxygen atoms in total. The zero-order valence-corrected chi connectivity index (χ0v) is 10.5. The van der Waals surface area contributed by atoms with E-state index in [2.05, 4.69) is 11.4 Å². The Hall–Kier alpha value is -2.54. The monoisotopic (exact) mass is 256 g/mol.